The first kappa shape index (κ1) is 8.08. The molecule has 1 radical (unpaired) electrons. The molecule has 0 amide bonds. The topological polar surface area (TPSA) is 29.5 Å². The number of rotatable bonds is 4. The van der Waals surface area contributed by atoms with Crippen LogP contribution in [0.25, 0.3) is 0 Å². The molecule has 1 rings (SSSR count). The van der Waals surface area contributed by atoms with E-state index in [1.54, 1.807) is 12.1 Å². The minimum Gasteiger partial charge on any atom is -0.494 e. The summed E-state index contributed by atoms with van der Waals surface area (Å²) < 4.78 is 5.27. The fraction of sp³-hybridized carbons (Fsp3) is 0.333. The summed E-state index contributed by atoms with van der Waals surface area (Å²) in [5.41, 5.74) is 0. The molecule has 2 heteroatoms. The van der Waals surface area contributed by atoms with Crippen LogP contribution >= 0.6 is 0 Å². The lowest BCUT2D eigenvalue weighted by Gasteiger charge is -2.02. The molecule has 0 unspecified atom stereocenters. The van der Waals surface area contributed by atoms with Gasteiger partial charge >= 0.3 is 0 Å². The van der Waals surface area contributed by atoms with Crippen LogP contribution in [0.1, 0.15) is 6.42 Å². The molecule has 0 spiro atoms. The van der Waals surface area contributed by atoms with Crippen LogP contribution in [-0.4, -0.2) is 18.3 Å². The summed E-state index contributed by atoms with van der Waals surface area (Å²) in [6.45, 7) is 0.749. The van der Waals surface area contributed by atoms with E-state index in [0.717, 1.165) is 5.75 Å². The van der Waals surface area contributed by atoms with Crippen molar-refractivity contribution in [3.8, 4) is 5.75 Å². The van der Waals surface area contributed by atoms with E-state index >= 15 is 0 Å². The second kappa shape index (κ2) is 4.74. The third kappa shape index (κ3) is 3.05. The second-order valence-corrected chi connectivity index (χ2v) is 2.16. The van der Waals surface area contributed by atoms with E-state index in [4.69, 9.17) is 9.84 Å². The van der Waals surface area contributed by atoms with Crippen molar-refractivity contribution in [2.45, 2.75) is 6.42 Å². The van der Waals surface area contributed by atoms with Gasteiger partial charge in [0.1, 0.15) is 5.75 Å². The molecule has 0 bridgehead atoms. The van der Waals surface area contributed by atoms with Crippen molar-refractivity contribution in [1.82, 2.24) is 0 Å². The maximum absolute atomic E-state index is 8.46. The minimum atomic E-state index is 0.180. The smallest absolute Gasteiger partial charge is 0.119 e. The third-order valence-electron chi connectivity index (χ3n) is 1.26. The Labute approximate surface area is 66.4 Å². The molecule has 59 valence electrons. The quantitative estimate of drug-likeness (QED) is 0.656. The van der Waals surface area contributed by atoms with Crippen molar-refractivity contribution >= 4 is 0 Å². The predicted octanol–water partition coefficient (Wildman–Crippen LogP) is 1.25. The Bertz CT molecular complexity index is 184. The third-order valence-corrected chi connectivity index (χ3v) is 1.26. The molecule has 0 atom stereocenters. The van der Waals surface area contributed by atoms with Crippen molar-refractivity contribution in [1.29, 1.82) is 0 Å². The van der Waals surface area contributed by atoms with Crippen LogP contribution in [0.3, 0.4) is 0 Å². The average Bonchev–Trinajstić information content (AvgIpc) is 2.07. The summed E-state index contributed by atoms with van der Waals surface area (Å²) in [5, 5.41) is 8.46. The maximum Gasteiger partial charge on any atom is 0.119 e. The summed E-state index contributed by atoms with van der Waals surface area (Å²) in [5.74, 6) is 0.831. The normalized spacial score (nSPS) is 9.55. The van der Waals surface area contributed by atoms with Gasteiger partial charge in [-0.15, -0.1) is 0 Å². The highest BCUT2D eigenvalue weighted by Crippen LogP contribution is 2.07. The Hall–Kier alpha value is -1.02. The van der Waals surface area contributed by atoms with Gasteiger partial charge in [0.2, 0.25) is 0 Å². The molecule has 11 heavy (non-hydrogen) atoms. The van der Waals surface area contributed by atoms with Gasteiger partial charge in [-0.3, -0.25) is 0 Å². The summed E-state index contributed by atoms with van der Waals surface area (Å²) in [6.07, 6.45) is 0.679. The summed E-state index contributed by atoms with van der Waals surface area (Å²) >= 11 is 0. The summed E-state index contributed by atoms with van der Waals surface area (Å²) in [7, 11) is 0. The number of hydrogen-bond acceptors (Lipinski definition) is 2. The molecule has 0 aliphatic carbocycles. The molecule has 0 heterocycles. The standard InChI is InChI=1S/C9H11O2/c10-7-4-8-11-9-5-2-1-3-6-9/h2-3,5-6,10H,4,7-8H2. The van der Waals surface area contributed by atoms with Crippen molar-refractivity contribution < 1.29 is 9.84 Å². The average molecular weight is 151 g/mol. The van der Waals surface area contributed by atoms with Crippen molar-refractivity contribution in [3.63, 3.8) is 0 Å². The molecular formula is C9H11O2. The molecule has 1 aromatic rings. The molecule has 0 aliphatic rings. The second-order valence-electron chi connectivity index (χ2n) is 2.16. The van der Waals surface area contributed by atoms with Crippen LogP contribution < -0.4 is 4.74 Å². The zero-order valence-corrected chi connectivity index (χ0v) is 6.29. The van der Waals surface area contributed by atoms with E-state index in [1.165, 1.54) is 0 Å². The van der Waals surface area contributed by atoms with Gasteiger partial charge in [0, 0.05) is 13.0 Å². The summed E-state index contributed by atoms with van der Waals surface area (Å²) in [4.78, 5) is 0. The van der Waals surface area contributed by atoms with E-state index in [9.17, 15) is 0 Å². The lowest BCUT2D eigenvalue weighted by molar-refractivity contribution is 0.233. The van der Waals surface area contributed by atoms with Gasteiger partial charge in [0.25, 0.3) is 0 Å². The molecule has 0 saturated carbocycles. The Morgan fingerprint density at radius 1 is 1.36 bits per heavy atom. The number of hydrogen-bond donors (Lipinski definition) is 1. The van der Waals surface area contributed by atoms with E-state index in [1.807, 2.05) is 12.1 Å². The number of aliphatic hydroxyl groups excluding tert-OH is 1. The first-order valence-corrected chi connectivity index (χ1v) is 3.63. The molecule has 0 saturated heterocycles. The zero-order valence-electron chi connectivity index (χ0n) is 6.29. The van der Waals surface area contributed by atoms with Crippen molar-refractivity contribution in [2.24, 2.45) is 0 Å². The van der Waals surface area contributed by atoms with Crippen LogP contribution in [-0.2, 0) is 0 Å². The van der Waals surface area contributed by atoms with Crippen molar-refractivity contribution in [3.05, 3.63) is 30.3 Å². The Kier molecular flexibility index (Phi) is 3.48. The number of benzene rings is 1. The van der Waals surface area contributed by atoms with Gasteiger partial charge in [-0.05, 0) is 18.2 Å². The molecular weight excluding hydrogens is 140 g/mol. The highest BCUT2D eigenvalue weighted by molar-refractivity contribution is 5.20. The largest absolute Gasteiger partial charge is 0.494 e. The fourth-order valence-corrected chi connectivity index (χ4v) is 0.722. The van der Waals surface area contributed by atoms with E-state index in [2.05, 4.69) is 6.07 Å². The maximum atomic E-state index is 8.46. The van der Waals surface area contributed by atoms with E-state index in [-0.39, 0.29) is 6.61 Å². The number of aliphatic hydroxyl groups is 1. The van der Waals surface area contributed by atoms with Crippen LogP contribution in [0.2, 0.25) is 0 Å². The lowest BCUT2D eigenvalue weighted by Crippen LogP contribution is -1.98. The fourth-order valence-electron chi connectivity index (χ4n) is 0.722. The molecule has 0 fully saturated rings. The van der Waals surface area contributed by atoms with Gasteiger partial charge in [-0.25, -0.2) is 0 Å². The van der Waals surface area contributed by atoms with Gasteiger partial charge < -0.3 is 9.84 Å². The molecule has 1 N–H and O–H groups in total. The van der Waals surface area contributed by atoms with E-state index < -0.39 is 0 Å². The lowest BCUT2D eigenvalue weighted by atomic mass is 10.3. The molecule has 0 aliphatic heterocycles. The van der Waals surface area contributed by atoms with E-state index in [0.29, 0.717) is 13.0 Å². The summed E-state index contributed by atoms with van der Waals surface area (Å²) in [6, 6.07) is 10.2. The van der Waals surface area contributed by atoms with Gasteiger partial charge in [0.05, 0.1) is 6.61 Å². The zero-order chi connectivity index (χ0) is 7.94. The predicted molar refractivity (Wildman–Crippen MR) is 42.5 cm³/mol. The molecule has 1 aromatic carbocycles. The van der Waals surface area contributed by atoms with Crippen LogP contribution in [0.15, 0.2) is 24.3 Å². The number of ether oxygens (including phenoxy) is 1. The van der Waals surface area contributed by atoms with Gasteiger partial charge in [-0.1, -0.05) is 12.1 Å². The first-order chi connectivity index (χ1) is 5.43. The Morgan fingerprint density at radius 2 is 2.09 bits per heavy atom. The van der Waals surface area contributed by atoms with Crippen molar-refractivity contribution in [2.75, 3.05) is 13.2 Å². The highest BCUT2D eigenvalue weighted by Gasteiger charge is 1.89. The first-order valence-electron chi connectivity index (χ1n) is 3.63. The van der Waals surface area contributed by atoms with Crippen LogP contribution in [0.4, 0.5) is 0 Å². The minimum absolute atomic E-state index is 0.180. The molecule has 2 nitrogen and oxygen atoms in total. The Morgan fingerprint density at radius 3 is 2.73 bits per heavy atom. The van der Waals surface area contributed by atoms with Gasteiger partial charge in [0.15, 0.2) is 0 Å². The monoisotopic (exact) mass is 151 g/mol. The van der Waals surface area contributed by atoms with Crippen LogP contribution in [0.5, 0.6) is 5.75 Å². The molecule has 0 aromatic heterocycles. The Balaban J connectivity index is 2.28. The van der Waals surface area contributed by atoms with Crippen LogP contribution in [0, 0.1) is 6.07 Å². The SMILES string of the molecule is OCCCOc1cc[c]cc1. The highest BCUT2D eigenvalue weighted by atomic mass is 16.5. The van der Waals surface area contributed by atoms with Gasteiger partial charge in [-0.2, -0.15) is 0 Å².